The van der Waals surface area contributed by atoms with Crippen LogP contribution in [0, 0.1) is 0 Å². The van der Waals surface area contributed by atoms with Crippen LogP contribution < -0.4 is 5.32 Å². The molecule has 1 heterocycles. The molecule has 3 aromatic rings. The second-order valence-electron chi connectivity index (χ2n) is 7.21. The van der Waals surface area contributed by atoms with Crippen LogP contribution >= 0.6 is 27.5 Å². The lowest BCUT2D eigenvalue weighted by atomic mass is 9.93. The van der Waals surface area contributed by atoms with Crippen LogP contribution in [0.1, 0.15) is 47.8 Å². The number of hydrogen-bond acceptors (Lipinski definition) is 3. The van der Waals surface area contributed by atoms with E-state index in [0.717, 1.165) is 33.3 Å². The van der Waals surface area contributed by atoms with Crippen LogP contribution in [-0.4, -0.2) is 10.8 Å². The highest BCUT2D eigenvalue weighted by Crippen LogP contribution is 2.36. The second-order valence-corrected chi connectivity index (χ2v) is 8.56. The van der Waals surface area contributed by atoms with Crippen LogP contribution in [0.25, 0.3) is 0 Å². The van der Waals surface area contributed by atoms with Gasteiger partial charge in [0.15, 0.2) is 0 Å². The van der Waals surface area contributed by atoms with E-state index in [4.69, 9.17) is 16.6 Å². The van der Waals surface area contributed by atoms with Gasteiger partial charge >= 0.3 is 0 Å². The number of phenols is 1. The molecule has 0 saturated carbocycles. The third kappa shape index (κ3) is 4.55. The maximum atomic E-state index is 10.5. The number of nitrogens with zero attached hydrogens (tertiary/aromatic N) is 1. The Morgan fingerprint density at radius 2 is 1.79 bits per heavy atom. The maximum Gasteiger partial charge on any atom is 0.126 e. The SMILES string of the molecule is CCc1ccc(C2=N[C@H](c3ccc(Cl)cc3)N[C@H](c3cc(Br)ccc3O)C2)cc1. The summed E-state index contributed by atoms with van der Waals surface area (Å²) in [6, 6.07) is 21.8. The van der Waals surface area contributed by atoms with E-state index in [2.05, 4.69) is 52.4 Å². The van der Waals surface area contributed by atoms with Gasteiger partial charge in [0.2, 0.25) is 0 Å². The zero-order chi connectivity index (χ0) is 20.4. The van der Waals surface area contributed by atoms with E-state index < -0.39 is 0 Å². The summed E-state index contributed by atoms with van der Waals surface area (Å²) < 4.78 is 0.937. The minimum atomic E-state index is -0.217. The Balaban J connectivity index is 1.75. The lowest BCUT2D eigenvalue weighted by molar-refractivity contribution is 0.412. The van der Waals surface area contributed by atoms with Crippen molar-refractivity contribution in [2.45, 2.75) is 32.0 Å². The highest BCUT2D eigenvalue weighted by atomic mass is 79.9. The van der Waals surface area contributed by atoms with Crippen LogP contribution in [0.3, 0.4) is 0 Å². The molecular weight excluding hydrogens is 448 g/mol. The third-order valence-electron chi connectivity index (χ3n) is 5.29. The number of phenolic OH excluding ortho intramolecular Hbond substituents is 1. The standard InChI is InChI=1S/C24H22BrClN2O/c1-2-15-3-5-16(6-4-15)21-14-22(20-13-18(25)9-12-23(20)29)28-24(27-21)17-7-10-19(26)11-8-17/h3-13,22,24,28-29H,2,14H2,1H3/t22-,24-/m0/s1. The first kappa shape index (κ1) is 20.1. The van der Waals surface area contributed by atoms with Crippen LogP contribution in [-0.2, 0) is 6.42 Å². The first-order valence-corrected chi connectivity index (χ1v) is 10.9. The molecule has 0 aromatic heterocycles. The number of aliphatic imine (C=N–C) groups is 1. The van der Waals surface area contributed by atoms with E-state index in [0.29, 0.717) is 11.4 Å². The van der Waals surface area contributed by atoms with Gasteiger partial charge in [0.05, 0.1) is 0 Å². The Morgan fingerprint density at radius 3 is 2.48 bits per heavy atom. The van der Waals surface area contributed by atoms with Gasteiger partial charge in [0, 0.05) is 33.2 Å². The van der Waals surface area contributed by atoms with Gasteiger partial charge < -0.3 is 5.11 Å². The molecule has 4 rings (SSSR count). The number of aromatic hydroxyl groups is 1. The number of halogens is 2. The average molecular weight is 470 g/mol. The largest absolute Gasteiger partial charge is 0.508 e. The summed E-state index contributed by atoms with van der Waals surface area (Å²) >= 11 is 9.60. The topological polar surface area (TPSA) is 44.6 Å². The van der Waals surface area contributed by atoms with Gasteiger partial charge in [0.1, 0.15) is 11.9 Å². The van der Waals surface area contributed by atoms with Gasteiger partial charge in [-0.1, -0.05) is 70.9 Å². The van der Waals surface area contributed by atoms with Gasteiger partial charge in [0.25, 0.3) is 0 Å². The summed E-state index contributed by atoms with van der Waals surface area (Å²) in [5.74, 6) is 0.281. The van der Waals surface area contributed by atoms with Gasteiger partial charge in [-0.2, -0.15) is 0 Å². The normalized spacial score (nSPS) is 19.1. The molecule has 1 aliphatic rings. The van der Waals surface area contributed by atoms with Crippen molar-refractivity contribution in [2.24, 2.45) is 4.99 Å². The summed E-state index contributed by atoms with van der Waals surface area (Å²) in [5, 5.41) is 14.8. The molecule has 29 heavy (non-hydrogen) atoms. The molecule has 3 nitrogen and oxygen atoms in total. The predicted octanol–water partition coefficient (Wildman–Crippen LogP) is 6.59. The maximum absolute atomic E-state index is 10.5. The lowest BCUT2D eigenvalue weighted by Gasteiger charge is -2.31. The number of hydrogen-bond donors (Lipinski definition) is 2. The van der Waals surface area contributed by atoms with Crippen LogP contribution in [0.2, 0.25) is 5.02 Å². The van der Waals surface area contributed by atoms with Gasteiger partial charge in [-0.3, -0.25) is 10.3 Å². The number of rotatable bonds is 4. The molecule has 3 aromatic carbocycles. The van der Waals surface area contributed by atoms with Crippen molar-refractivity contribution in [2.75, 3.05) is 0 Å². The zero-order valence-corrected chi connectivity index (χ0v) is 18.4. The van der Waals surface area contributed by atoms with E-state index in [1.165, 1.54) is 5.56 Å². The molecule has 0 aliphatic carbocycles. The Labute approximate surface area is 184 Å². The van der Waals surface area contributed by atoms with Crippen LogP contribution in [0.4, 0.5) is 0 Å². The molecule has 0 spiro atoms. The number of nitrogens with one attached hydrogen (secondary N) is 1. The van der Waals surface area contributed by atoms with Crippen molar-refractivity contribution in [3.8, 4) is 5.75 Å². The zero-order valence-electron chi connectivity index (χ0n) is 16.1. The van der Waals surface area contributed by atoms with Crippen LogP contribution in [0.5, 0.6) is 5.75 Å². The molecule has 148 valence electrons. The van der Waals surface area contributed by atoms with E-state index in [-0.39, 0.29) is 18.0 Å². The molecular formula is C24H22BrClN2O. The summed E-state index contributed by atoms with van der Waals surface area (Å²) in [6.45, 7) is 2.15. The molecule has 0 bridgehead atoms. The van der Waals surface area contributed by atoms with Crippen molar-refractivity contribution in [3.63, 3.8) is 0 Å². The van der Waals surface area contributed by atoms with E-state index in [1.807, 2.05) is 36.4 Å². The van der Waals surface area contributed by atoms with Gasteiger partial charge in [-0.25, -0.2) is 0 Å². The molecule has 2 N–H and O–H groups in total. The molecule has 1 aliphatic heterocycles. The molecule has 0 radical (unpaired) electrons. The predicted molar refractivity (Wildman–Crippen MR) is 123 cm³/mol. The highest BCUT2D eigenvalue weighted by molar-refractivity contribution is 9.10. The summed E-state index contributed by atoms with van der Waals surface area (Å²) in [5.41, 5.74) is 5.34. The summed E-state index contributed by atoms with van der Waals surface area (Å²) in [4.78, 5) is 5.00. The summed E-state index contributed by atoms with van der Waals surface area (Å²) in [7, 11) is 0. The second kappa shape index (κ2) is 8.70. The third-order valence-corrected chi connectivity index (χ3v) is 6.03. The Kier molecular flexibility index (Phi) is 6.04. The van der Waals surface area contributed by atoms with Crippen molar-refractivity contribution >= 4 is 33.2 Å². The molecule has 2 atom stereocenters. The number of benzene rings is 3. The smallest absolute Gasteiger partial charge is 0.126 e. The molecule has 0 amide bonds. The minimum Gasteiger partial charge on any atom is -0.508 e. The molecule has 5 heteroatoms. The fraction of sp³-hybridized carbons (Fsp3) is 0.208. The Bertz CT molecular complexity index is 1030. The Hall–Kier alpha value is -2.14. The van der Waals surface area contributed by atoms with Crippen molar-refractivity contribution in [1.82, 2.24) is 5.32 Å². The molecule has 0 saturated heterocycles. The summed E-state index contributed by atoms with van der Waals surface area (Å²) in [6.07, 6.45) is 1.49. The molecule has 0 fully saturated rings. The number of aryl methyl sites for hydroxylation is 1. The van der Waals surface area contributed by atoms with Crippen molar-refractivity contribution < 1.29 is 5.11 Å². The van der Waals surface area contributed by atoms with E-state index in [9.17, 15) is 5.11 Å². The fourth-order valence-corrected chi connectivity index (χ4v) is 4.14. The fourth-order valence-electron chi connectivity index (χ4n) is 3.63. The highest BCUT2D eigenvalue weighted by Gasteiger charge is 2.27. The van der Waals surface area contributed by atoms with Gasteiger partial charge in [-0.05, 0) is 53.4 Å². The van der Waals surface area contributed by atoms with Crippen LogP contribution in [0.15, 0.2) is 76.2 Å². The Morgan fingerprint density at radius 1 is 1.07 bits per heavy atom. The first-order chi connectivity index (χ1) is 14.0. The average Bonchev–Trinajstić information content (AvgIpc) is 2.75. The monoisotopic (exact) mass is 468 g/mol. The van der Waals surface area contributed by atoms with Gasteiger partial charge in [-0.15, -0.1) is 0 Å². The van der Waals surface area contributed by atoms with Crippen molar-refractivity contribution in [1.29, 1.82) is 0 Å². The quantitative estimate of drug-likeness (QED) is 0.452. The molecule has 0 unspecified atom stereocenters. The minimum absolute atomic E-state index is 0.0634. The van der Waals surface area contributed by atoms with E-state index in [1.54, 1.807) is 6.07 Å². The van der Waals surface area contributed by atoms with E-state index >= 15 is 0 Å². The van der Waals surface area contributed by atoms with Crippen molar-refractivity contribution in [3.05, 3.63) is 98.5 Å². The first-order valence-electron chi connectivity index (χ1n) is 9.69. The lowest BCUT2D eigenvalue weighted by Crippen LogP contribution is -2.33.